The van der Waals surface area contributed by atoms with Crippen LogP contribution in [0, 0.1) is 0 Å². The Morgan fingerprint density at radius 2 is 0.319 bits per heavy atom. The number of carbonyl (C=O) groups is 1. The van der Waals surface area contributed by atoms with E-state index < -0.39 is 21.7 Å². The van der Waals surface area contributed by atoms with E-state index in [-0.39, 0.29) is 81.6 Å². The fraction of sp³-hybridized carbons (Fsp3) is 0.365. The number of ketones is 1. The van der Waals surface area contributed by atoms with Crippen LogP contribution in [0.4, 0.5) is 0 Å². The summed E-state index contributed by atoms with van der Waals surface area (Å²) in [7, 11) is 0. The Morgan fingerprint density at radius 1 is 0.160 bits per heavy atom. The van der Waals surface area contributed by atoms with E-state index in [1.54, 1.807) is 36.4 Å². The molecule has 20 rings (SSSR count). The molecule has 0 saturated heterocycles. The molecule has 0 spiro atoms. The molecule has 0 amide bonds. The van der Waals surface area contributed by atoms with Gasteiger partial charge in [0.1, 0.15) is 5.78 Å². The second kappa shape index (κ2) is 33.7. The van der Waals surface area contributed by atoms with Gasteiger partial charge in [-0.25, -0.2) is 0 Å². The minimum absolute atomic E-state index is 0.0572. The van der Waals surface area contributed by atoms with Crippen molar-refractivity contribution in [2.24, 2.45) is 0 Å². The van der Waals surface area contributed by atoms with Crippen LogP contribution in [0.15, 0.2) is 235 Å². The molecule has 0 aromatic heterocycles. The number of rotatable bonds is 8. The van der Waals surface area contributed by atoms with E-state index in [9.17, 15) is 24.0 Å². The second-order valence-corrected chi connectivity index (χ2v) is 54.7. The minimum Gasteiger partial charge on any atom is -0.299 e. The highest BCUT2D eigenvalue weighted by molar-refractivity contribution is 6.45. The molecule has 0 N–H and O–H groups in total. The molecule has 0 unspecified atom stereocenters. The Hall–Kier alpha value is -12.7. The van der Waals surface area contributed by atoms with E-state index in [1.807, 2.05) is 12.1 Å². The summed E-state index contributed by atoms with van der Waals surface area (Å²) in [5.74, 6) is 0.279. The lowest BCUT2D eigenvalue weighted by molar-refractivity contribution is -0.117. The van der Waals surface area contributed by atoms with Gasteiger partial charge < -0.3 is 0 Å². The summed E-state index contributed by atoms with van der Waals surface area (Å²) >= 11 is 0. The average molecular weight is 1900 g/mol. The molecular formula is C137H146O7. The van der Waals surface area contributed by atoms with Crippen LogP contribution in [-0.4, -0.2) is 5.78 Å². The van der Waals surface area contributed by atoms with Crippen LogP contribution in [0.5, 0.6) is 0 Å². The van der Waals surface area contributed by atoms with E-state index >= 15 is 9.59 Å². The van der Waals surface area contributed by atoms with Gasteiger partial charge in [0.15, 0.2) is 10.9 Å². The fourth-order valence-electron chi connectivity index (χ4n) is 22.1. The monoisotopic (exact) mass is 1900 g/mol. The van der Waals surface area contributed by atoms with E-state index in [4.69, 9.17) is 0 Å². The van der Waals surface area contributed by atoms with Gasteiger partial charge >= 0.3 is 0 Å². The maximum atomic E-state index is 16.5. The fourth-order valence-corrected chi connectivity index (χ4v) is 22.1. The molecule has 0 aliphatic rings. The highest BCUT2D eigenvalue weighted by atomic mass is 16.2. The molecule has 0 aliphatic heterocycles. The quantitative estimate of drug-likeness (QED) is 0.110. The average Bonchev–Trinajstić information content (AvgIpc) is 1.51. The predicted molar refractivity (Wildman–Crippen MR) is 622 cm³/mol. The lowest BCUT2D eigenvalue weighted by Crippen LogP contribution is -2.19. The Labute approximate surface area is 851 Å². The van der Waals surface area contributed by atoms with Gasteiger partial charge in [0, 0.05) is 89.0 Å². The van der Waals surface area contributed by atoms with Crippen LogP contribution < -0.4 is 32.6 Å². The van der Waals surface area contributed by atoms with Crippen LogP contribution in [0.1, 0.15) is 327 Å². The van der Waals surface area contributed by atoms with Gasteiger partial charge in [-0.3, -0.25) is 33.6 Å². The van der Waals surface area contributed by atoms with E-state index in [1.165, 1.54) is 77.5 Å². The van der Waals surface area contributed by atoms with Gasteiger partial charge in [-0.2, -0.15) is 0 Å². The van der Waals surface area contributed by atoms with Crippen molar-refractivity contribution in [1.82, 2.24) is 0 Å². The lowest BCUT2D eigenvalue weighted by Gasteiger charge is -2.26. The molecule has 0 bridgehead atoms. The molecule has 144 heavy (non-hydrogen) atoms. The first-order valence-corrected chi connectivity index (χ1v) is 52.0. The summed E-state index contributed by atoms with van der Waals surface area (Å²) in [6.07, 6.45) is 0.967. The summed E-state index contributed by atoms with van der Waals surface area (Å²) in [5, 5.41) is 21.4. The van der Waals surface area contributed by atoms with Crippen molar-refractivity contribution in [2.75, 3.05) is 0 Å². The maximum absolute atomic E-state index is 16.5. The number of Topliss-reactive ketones (excluding diaryl/α,β-unsaturated/α-hetero) is 1. The van der Waals surface area contributed by atoms with Crippen LogP contribution in [0.3, 0.4) is 0 Å². The molecule has 20 aromatic rings. The van der Waals surface area contributed by atoms with Gasteiger partial charge in [0.2, 0.25) is 21.7 Å². The summed E-state index contributed by atoms with van der Waals surface area (Å²) in [6.45, 7) is 81.7. The minimum atomic E-state index is -0.506. The molecule has 0 saturated carbocycles. The zero-order chi connectivity index (χ0) is 105. The maximum Gasteiger partial charge on any atom is 0.234 e. The molecule has 736 valence electrons. The normalized spacial score (nSPS) is 13.5. The third-order valence-corrected chi connectivity index (χ3v) is 31.2. The SMILES string of the molecule is CC(C)(C)c1cc(-c2c(=O)c(-c3cc(C(C)(C)C)cc(C(C)(C)C)c3)c3c4cc5c(cc6c7c(-c8cc(C(C)(C)C)cc(C(C)(C)C)c8)c(=O)c(-c8cc(C(C)(C)C)cc(C(C)(C)C)c8)c7c7cccc5c76)c5cccc(c23)c54)cc(C(C)(C)C)c1.CC(C)(C)c1cc(CC(=O)Cc2cc(C(C)(C)C)cc(C(C)(C)C)c2)cc(C(C)(C)C)c1.O=c1c(=O)c2cc3c(cc4c(=O)c(=O)c5cccc3c54)c3cccc1c23. The van der Waals surface area contributed by atoms with Crippen molar-refractivity contribution >= 4 is 135 Å². The van der Waals surface area contributed by atoms with Crippen molar-refractivity contribution in [3.8, 4) is 44.5 Å². The van der Waals surface area contributed by atoms with E-state index in [2.05, 4.69) is 407 Å². The first kappa shape index (κ1) is 101. The van der Waals surface area contributed by atoms with Crippen molar-refractivity contribution in [2.45, 2.75) is 327 Å². The Morgan fingerprint density at radius 3 is 0.521 bits per heavy atom. The standard InChI is InChI=1S/C84H92O2.C31H46O.C22H8O4/c1-77(2,3)49-31-45(32-50(39-49)78(4,5)6)65-71-59-29-25-27-57-62-44-64-70-58(61(62)43-63(69(57)59)73(71)67(75(65)85)47-35-53(81(13,14)15)41-54(36-47)82(16,17)18)28-26-30-60(70)72-66(46-33-51(79(7,8)9)40-52(34-46)80(10,11)12)76(86)68(74(64)72)48-37-55(83(19,20)21)42-56(38-48)84(22,23)24;1-28(2,3)23-13-21(14-24(19-23)29(4,5)6)17-27(32)18-22-15-25(30(7,8)9)20-26(16-22)31(10,11)12;23-19-11-5-1-3-9-13-7-16-18-10(4-2-6-12(18)20(24)22(16)26)14(13)8-15(17(9)11)21(19)25/h25-44H,1-24H3;13-16,19-20H,17-18H2,1-12H3;1-8H. The topological polar surface area (TPSA) is 119 Å². The molecule has 0 aliphatic carbocycles. The molecule has 7 heteroatoms. The smallest absolute Gasteiger partial charge is 0.234 e. The van der Waals surface area contributed by atoms with E-state index in [0.717, 1.165) is 142 Å². The van der Waals surface area contributed by atoms with Crippen LogP contribution in [0.2, 0.25) is 0 Å². The summed E-state index contributed by atoms with van der Waals surface area (Å²) in [6, 6.07) is 74.0. The number of carbonyl (C=O) groups excluding carboxylic acids is 1. The molecular weight excluding hydrogens is 1760 g/mol. The Balaban J connectivity index is 0.000000189. The zero-order valence-electron chi connectivity index (χ0n) is 92.4. The predicted octanol–water partition coefficient (Wildman–Crippen LogP) is 34.2. The third-order valence-electron chi connectivity index (χ3n) is 31.2. The molecule has 7 nitrogen and oxygen atoms in total. The van der Waals surface area contributed by atoms with Crippen LogP contribution >= 0.6 is 0 Å². The first-order valence-electron chi connectivity index (χ1n) is 52.0. The van der Waals surface area contributed by atoms with Gasteiger partial charge in [-0.1, -0.05) is 431 Å². The van der Waals surface area contributed by atoms with Crippen molar-refractivity contribution < 1.29 is 4.79 Å². The van der Waals surface area contributed by atoms with Gasteiger partial charge in [-0.05, 0) is 265 Å². The van der Waals surface area contributed by atoms with E-state index in [0.29, 0.717) is 45.2 Å². The number of hydrogen-bond acceptors (Lipinski definition) is 7. The summed E-state index contributed by atoms with van der Waals surface area (Å²) < 4.78 is 0. The van der Waals surface area contributed by atoms with Crippen LogP contribution in [0.25, 0.3) is 174 Å². The largest absolute Gasteiger partial charge is 0.299 e. The van der Waals surface area contributed by atoms with Crippen molar-refractivity contribution in [3.63, 3.8) is 0 Å². The molecule has 0 fully saturated rings. The Kier molecular flexibility index (Phi) is 23.7. The second-order valence-electron chi connectivity index (χ2n) is 54.7. The summed E-state index contributed by atoms with van der Waals surface area (Å²) in [5.41, 5.74) is 21.4. The van der Waals surface area contributed by atoms with Crippen LogP contribution in [-0.2, 0) is 82.6 Å². The third kappa shape index (κ3) is 17.6. The molecule has 0 atom stereocenters. The van der Waals surface area contributed by atoms with Crippen molar-refractivity contribution in [1.29, 1.82) is 0 Å². The lowest BCUT2D eigenvalue weighted by atomic mass is 9.78. The molecule has 0 radical (unpaired) electrons. The number of hydrogen-bond donors (Lipinski definition) is 0. The van der Waals surface area contributed by atoms with Gasteiger partial charge in [0.05, 0.1) is 0 Å². The number of benzene rings is 14. The number of fused-ring (bicyclic) bond motifs is 12. The molecule has 0 heterocycles. The zero-order valence-corrected chi connectivity index (χ0v) is 92.4. The Bertz CT molecular complexity index is 8320. The summed E-state index contributed by atoms with van der Waals surface area (Å²) in [4.78, 5) is 95.6. The van der Waals surface area contributed by atoms with Gasteiger partial charge in [-0.15, -0.1) is 0 Å². The van der Waals surface area contributed by atoms with Gasteiger partial charge in [0.25, 0.3) is 0 Å². The first-order chi connectivity index (χ1) is 66.4. The molecule has 20 aromatic carbocycles. The highest BCUT2D eigenvalue weighted by Crippen LogP contribution is 2.56. The van der Waals surface area contributed by atoms with Crippen molar-refractivity contribution in [3.05, 3.63) is 345 Å². The highest BCUT2D eigenvalue weighted by Gasteiger charge is 2.37.